The van der Waals surface area contributed by atoms with E-state index in [1.54, 1.807) is 0 Å². The lowest BCUT2D eigenvalue weighted by molar-refractivity contribution is 0.0601. The summed E-state index contributed by atoms with van der Waals surface area (Å²) in [6.07, 6.45) is 0. The molecular weight excluding hydrogens is 235 g/mol. The second-order valence-corrected chi connectivity index (χ2v) is 4.49. The van der Waals surface area contributed by atoms with Crippen LogP contribution in [0.3, 0.4) is 0 Å². The van der Waals surface area contributed by atoms with Gasteiger partial charge in [0.2, 0.25) is 0 Å². The molecule has 0 aliphatic heterocycles. The van der Waals surface area contributed by atoms with Crippen molar-refractivity contribution in [3.63, 3.8) is 0 Å². The third kappa shape index (κ3) is 2.61. The number of hydrogen-bond donors (Lipinski definition) is 2. The third-order valence-electron chi connectivity index (χ3n) is 1.92. The molecule has 0 spiro atoms. The lowest BCUT2D eigenvalue weighted by Crippen LogP contribution is -2.17. The molecule has 0 aromatic heterocycles. The van der Waals surface area contributed by atoms with Crippen LogP contribution in [0.4, 0.5) is 0 Å². The van der Waals surface area contributed by atoms with Crippen molar-refractivity contribution in [3.05, 3.63) is 23.8 Å². The largest absolute Gasteiger partial charge is 0.497 e. The number of benzene rings is 1. The van der Waals surface area contributed by atoms with Gasteiger partial charge in [-0.25, -0.2) is 4.79 Å². The van der Waals surface area contributed by atoms with E-state index < -0.39 is 18.9 Å². The van der Waals surface area contributed by atoms with Gasteiger partial charge in [-0.2, -0.15) is 0 Å². The third-order valence-corrected chi connectivity index (χ3v) is 2.92. The van der Waals surface area contributed by atoms with Gasteiger partial charge in [-0.3, -0.25) is 4.57 Å². The number of carbonyl (C=O) groups excluding carboxylic acids is 1. The van der Waals surface area contributed by atoms with Gasteiger partial charge in [-0.05, 0) is 18.2 Å². The van der Waals surface area contributed by atoms with E-state index in [-0.39, 0.29) is 11.3 Å². The summed E-state index contributed by atoms with van der Waals surface area (Å²) in [6.45, 7) is 0. The van der Waals surface area contributed by atoms with Crippen LogP contribution in [0, 0.1) is 0 Å². The Hall–Kier alpha value is -1.36. The average Bonchev–Trinajstić information content (AvgIpc) is 2.26. The summed E-state index contributed by atoms with van der Waals surface area (Å²) in [5.41, 5.74) is -0.170. The van der Waals surface area contributed by atoms with Gasteiger partial charge < -0.3 is 19.3 Å². The molecule has 0 saturated heterocycles. The van der Waals surface area contributed by atoms with E-state index in [0.29, 0.717) is 0 Å². The van der Waals surface area contributed by atoms with Crippen molar-refractivity contribution in [2.75, 3.05) is 14.2 Å². The molecule has 0 saturated carbocycles. The van der Waals surface area contributed by atoms with Crippen LogP contribution in [-0.4, -0.2) is 30.0 Å². The Balaban J connectivity index is 3.39. The molecule has 6 nitrogen and oxygen atoms in total. The van der Waals surface area contributed by atoms with Crippen LogP contribution >= 0.6 is 7.60 Å². The fourth-order valence-electron chi connectivity index (χ4n) is 1.16. The van der Waals surface area contributed by atoms with Crippen LogP contribution < -0.4 is 10.0 Å². The molecule has 0 atom stereocenters. The van der Waals surface area contributed by atoms with Crippen LogP contribution in [0.5, 0.6) is 5.75 Å². The minimum absolute atomic E-state index is 0.170. The smallest absolute Gasteiger partial charge is 0.357 e. The first-order chi connectivity index (χ1) is 7.40. The summed E-state index contributed by atoms with van der Waals surface area (Å²) < 4.78 is 20.4. The van der Waals surface area contributed by atoms with E-state index in [9.17, 15) is 9.36 Å². The highest BCUT2D eigenvalue weighted by molar-refractivity contribution is 7.60. The van der Waals surface area contributed by atoms with E-state index in [1.165, 1.54) is 19.2 Å². The standard InChI is InChI=1S/C9H11O6P/c1-14-6-3-4-7(9(10)15-2)8(5-6)16(11,12)13/h3-5H,1-2H3,(H2,11,12,13). The molecule has 1 rings (SSSR count). The van der Waals surface area contributed by atoms with Crippen LogP contribution in [0.2, 0.25) is 0 Å². The topological polar surface area (TPSA) is 93.1 Å². The van der Waals surface area contributed by atoms with Crippen LogP contribution in [0.25, 0.3) is 0 Å². The molecule has 0 unspecified atom stereocenters. The molecule has 0 bridgehead atoms. The number of methoxy groups -OCH3 is 2. The summed E-state index contributed by atoms with van der Waals surface area (Å²) in [4.78, 5) is 29.4. The van der Waals surface area contributed by atoms with Crippen LogP contribution in [-0.2, 0) is 9.30 Å². The molecule has 1 aromatic rings. The molecule has 0 heterocycles. The minimum Gasteiger partial charge on any atom is -0.497 e. The maximum Gasteiger partial charge on any atom is 0.357 e. The Kier molecular flexibility index (Phi) is 3.70. The predicted octanol–water partition coefficient (Wildman–Crippen LogP) is 0.285. The van der Waals surface area contributed by atoms with Gasteiger partial charge in [0.15, 0.2) is 0 Å². The Labute approximate surface area is 92.0 Å². The van der Waals surface area contributed by atoms with E-state index in [2.05, 4.69) is 4.74 Å². The lowest BCUT2D eigenvalue weighted by Gasteiger charge is -2.10. The van der Waals surface area contributed by atoms with Crippen molar-refractivity contribution in [1.29, 1.82) is 0 Å². The summed E-state index contributed by atoms with van der Waals surface area (Å²) in [5.74, 6) is -0.549. The van der Waals surface area contributed by atoms with Crippen LogP contribution in [0.1, 0.15) is 10.4 Å². The van der Waals surface area contributed by atoms with Gasteiger partial charge in [-0.15, -0.1) is 0 Å². The first-order valence-electron chi connectivity index (χ1n) is 4.22. The monoisotopic (exact) mass is 246 g/mol. The number of hydrogen-bond acceptors (Lipinski definition) is 4. The maximum atomic E-state index is 11.3. The van der Waals surface area contributed by atoms with Gasteiger partial charge in [0.1, 0.15) is 5.75 Å². The van der Waals surface area contributed by atoms with Crippen molar-refractivity contribution < 1.29 is 28.6 Å². The zero-order chi connectivity index (χ0) is 12.3. The second-order valence-electron chi connectivity index (χ2n) is 2.92. The minimum atomic E-state index is -4.54. The Morgan fingerprint density at radius 3 is 2.38 bits per heavy atom. The normalized spacial score (nSPS) is 11.0. The highest BCUT2D eigenvalue weighted by Gasteiger charge is 2.26. The maximum absolute atomic E-state index is 11.3. The Morgan fingerprint density at radius 2 is 1.94 bits per heavy atom. The van der Waals surface area contributed by atoms with E-state index in [0.717, 1.165) is 13.2 Å². The zero-order valence-corrected chi connectivity index (χ0v) is 9.60. The van der Waals surface area contributed by atoms with Crippen LogP contribution in [0.15, 0.2) is 18.2 Å². The quantitative estimate of drug-likeness (QED) is 0.588. The van der Waals surface area contributed by atoms with Crippen molar-refractivity contribution in [3.8, 4) is 5.75 Å². The van der Waals surface area contributed by atoms with Gasteiger partial charge in [-0.1, -0.05) is 0 Å². The molecule has 7 heteroatoms. The SMILES string of the molecule is COC(=O)c1ccc(OC)cc1P(=O)(O)O. The number of rotatable bonds is 3. The summed E-state index contributed by atoms with van der Waals surface area (Å²) >= 11 is 0. The van der Waals surface area contributed by atoms with Gasteiger partial charge in [0.05, 0.1) is 25.1 Å². The zero-order valence-electron chi connectivity index (χ0n) is 8.71. The number of carbonyl (C=O) groups is 1. The van der Waals surface area contributed by atoms with Gasteiger partial charge in [0, 0.05) is 0 Å². The number of esters is 1. The molecule has 0 amide bonds. The predicted molar refractivity (Wildman–Crippen MR) is 56.0 cm³/mol. The van der Waals surface area contributed by atoms with Gasteiger partial charge >= 0.3 is 13.6 Å². The molecule has 2 N–H and O–H groups in total. The van der Waals surface area contributed by atoms with Crippen molar-refractivity contribution >= 4 is 18.9 Å². The second kappa shape index (κ2) is 4.65. The summed E-state index contributed by atoms with van der Waals surface area (Å²) in [6, 6.07) is 3.79. The molecular formula is C9H11O6P. The lowest BCUT2D eigenvalue weighted by atomic mass is 10.2. The molecule has 0 aliphatic carbocycles. The highest BCUT2D eigenvalue weighted by Crippen LogP contribution is 2.36. The van der Waals surface area contributed by atoms with Gasteiger partial charge in [0.25, 0.3) is 0 Å². The Bertz CT molecular complexity index is 449. The fourth-order valence-corrected chi connectivity index (χ4v) is 1.94. The number of ether oxygens (including phenoxy) is 2. The van der Waals surface area contributed by atoms with Crippen molar-refractivity contribution in [2.24, 2.45) is 0 Å². The van der Waals surface area contributed by atoms with E-state index in [1.807, 2.05) is 0 Å². The first kappa shape index (κ1) is 12.7. The molecule has 0 aliphatic rings. The summed E-state index contributed by atoms with van der Waals surface area (Å²) in [5, 5.41) is -0.404. The summed E-state index contributed by atoms with van der Waals surface area (Å²) in [7, 11) is -2.05. The average molecular weight is 246 g/mol. The fraction of sp³-hybridized carbons (Fsp3) is 0.222. The highest BCUT2D eigenvalue weighted by atomic mass is 31.2. The van der Waals surface area contributed by atoms with Crippen molar-refractivity contribution in [2.45, 2.75) is 0 Å². The first-order valence-corrected chi connectivity index (χ1v) is 5.84. The molecule has 88 valence electrons. The molecule has 0 radical (unpaired) electrons. The van der Waals surface area contributed by atoms with E-state index >= 15 is 0 Å². The van der Waals surface area contributed by atoms with E-state index in [4.69, 9.17) is 14.5 Å². The molecule has 0 fully saturated rings. The van der Waals surface area contributed by atoms with Crippen molar-refractivity contribution in [1.82, 2.24) is 0 Å². The molecule has 1 aromatic carbocycles. The Morgan fingerprint density at radius 1 is 1.31 bits per heavy atom. The molecule has 16 heavy (non-hydrogen) atoms.